The molecule has 0 bridgehead atoms. The number of benzene rings is 1. The second-order valence-corrected chi connectivity index (χ2v) is 8.18. The number of alkyl halides is 3. The summed E-state index contributed by atoms with van der Waals surface area (Å²) in [5.74, 6) is -0.116. The van der Waals surface area contributed by atoms with Crippen LogP contribution in [-0.2, 0) is 4.79 Å². The second-order valence-electron chi connectivity index (χ2n) is 5.82. The predicted octanol–water partition coefficient (Wildman–Crippen LogP) is 5.50. The van der Waals surface area contributed by atoms with E-state index in [1.165, 1.54) is 0 Å². The van der Waals surface area contributed by atoms with Crippen LogP contribution in [0.4, 0.5) is 5.69 Å². The summed E-state index contributed by atoms with van der Waals surface area (Å²) in [5.41, 5.74) is 2.95. The molecule has 6 heteroatoms. The van der Waals surface area contributed by atoms with E-state index in [0.717, 1.165) is 42.5 Å². The normalized spacial score (nSPS) is 12.8. The van der Waals surface area contributed by atoms with Crippen LogP contribution in [0.3, 0.4) is 0 Å². The van der Waals surface area contributed by atoms with Crippen LogP contribution in [0.25, 0.3) is 0 Å². The lowest BCUT2D eigenvalue weighted by Crippen LogP contribution is -2.49. The molecule has 0 heterocycles. The molecule has 0 fully saturated rings. The van der Waals surface area contributed by atoms with E-state index in [0.29, 0.717) is 6.42 Å². The summed E-state index contributed by atoms with van der Waals surface area (Å²) in [6.07, 6.45) is 3.79. The Morgan fingerprint density at radius 1 is 1.17 bits per heavy atom. The van der Waals surface area contributed by atoms with Crippen molar-refractivity contribution in [1.82, 2.24) is 5.32 Å². The molecular formula is C17H25Cl3N2O. The molecule has 3 nitrogen and oxygen atoms in total. The van der Waals surface area contributed by atoms with Crippen LogP contribution in [0.5, 0.6) is 0 Å². The summed E-state index contributed by atoms with van der Waals surface area (Å²) in [7, 11) is 0. The van der Waals surface area contributed by atoms with Crippen LogP contribution in [0.15, 0.2) is 18.2 Å². The Morgan fingerprint density at radius 2 is 1.87 bits per heavy atom. The number of aryl methyl sites for hydroxylation is 2. The topological polar surface area (TPSA) is 41.1 Å². The molecule has 1 atom stereocenters. The number of rotatable bonds is 8. The summed E-state index contributed by atoms with van der Waals surface area (Å²) >= 11 is 18.1. The van der Waals surface area contributed by atoms with Crippen molar-refractivity contribution in [2.75, 3.05) is 5.32 Å². The van der Waals surface area contributed by atoms with Gasteiger partial charge >= 0.3 is 0 Å². The van der Waals surface area contributed by atoms with Crippen molar-refractivity contribution in [2.24, 2.45) is 0 Å². The largest absolute Gasteiger partial charge is 0.362 e. The molecule has 0 saturated carbocycles. The highest BCUT2D eigenvalue weighted by molar-refractivity contribution is 6.68. The zero-order valence-corrected chi connectivity index (χ0v) is 16.2. The number of hydrogen-bond acceptors (Lipinski definition) is 2. The zero-order chi connectivity index (χ0) is 17.5. The van der Waals surface area contributed by atoms with Crippen LogP contribution in [0.1, 0.15) is 50.2 Å². The third-order valence-corrected chi connectivity index (χ3v) is 4.24. The molecule has 0 aliphatic rings. The molecule has 1 rings (SSSR count). The van der Waals surface area contributed by atoms with Crippen molar-refractivity contribution in [3.8, 4) is 0 Å². The Hall–Kier alpha value is -0.640. The third kappa shape index (κ3) is 7.65. The lowest BCUT2D eigenvalue weighted by atomic mass is 10.1. The van der Waals surface area contributed by atoms with Crippen molar-refractivity contribution in [3.05, 3.63) is 29.3 Å². The van der Waals surface area contributed by atoms with Crippen LogP contribution >= 0.6 is 34.8 Å². The number of unbranched alkanes of at least 4 members (excludes halogenated alkanes) is 3. The number of hydrogen-bond donors (Lipinski definition) is 2. The maximum atomic E-state index is 12.1. The molecule has 0 aliphatic carbocycles. The van der Waals surface area contributed by atoms with Crippen LogP contribution < -0.4 is 10.6 Å². The van der Waals surface area contributed by atoms with Gasteiger partial charge in [-0.15, -0.1) is 0 Å². The quantitative estimate of drug-likeness (QED) is 0.356. The van der Waals surface area contributed by atoms with E-state index >= 15 is 0 Å². The van der Waals surface area contributed by atoms with Gasteiger partial charge in [0.2, 0.25) is 9.70 Å². The van der Waals surface area contributed by atoms with E-state index in [1.807, 2.05) is 32.0 Å². The average Bonchev–Trinajstić information content (AvgIpc) is 2.45. The van der Waals surface area contributed by atoms with Gasteiger partial charge in [-0.25, -0.2) is 0 Å². The highest BCUT2D eigenvalue weighted by Gasteiger charge is 2.34. The molecule has 0 saturated heterocycles. The number of carbonyl (C=O) groups excluding carboxylic acids is 1. The Morgan fingerprint density at radius 3 is 2.48 bits per heavy atom. The number of amides is 1. The van der Waals surface area contributed by atoms with Gasteiger partial charge in [-0.05, 0) is 37.5 Å². The van der Waals surface area contributed by atoms with Crippen LogP contribution in [0.2, 0.25) is 0 Å². The predicted molar refractivity (Wildman–Crippen MR) is 101 cm³/mol. The van der Waals surface area contributed by atoms with E-state index in [1.54, 1.807) is 0 Å². The minimum absolute atomic E-state index is 0.116. The van der Waals surface area contributed by atoms with Gasteiger partial charge in [0.25, 0.3) is 0 Å². The molecule has 1 aromatic carbocycles. The molecular weight excluding hydrogens is 355 g/mol. The molecule has 0 unspecified atom stereocenters. The van der Waals surface area contributed by atoms with Crippen molar-refractivity contribution < 1.29 is 4.79 Å². The molecule has 0 aliphatic heterocycles. The molecule has 1 aromatic rings. The summed E-state index contributed by atoms with van der Waals surface area (Å²) in [4.78, 5) is 12.1. The average molecular weight is 380 g/mol. The van der Waals surface area contributed by atoms with Gasteiger partial charge in [-0.3, -0.25) is 4.79 Å². The molecule has 1 amide bonds. The van der Waals surface area contributed by atoms with Crippen LogP contribution in [-0.4, -0.2) is 15.9 Å². The van der Waals surface area contributed by atoms with E-state index in [2.05, 4.69) is 17.6 Å². The Labute approximate surface area is 154 Å². The summed E-state index contributed by atoms with van der Waals surface area (Å²) < 4.78 is -1.64. The number of anilines is 1. The highest BCUT2D eigenvalue weighted by Crippen LogP contribution is 2.32. The molecule has 2 N–H and O–H groups in total. The maximum Gasteiger partial charge on any atom is 0.228 e. The van der Waals surface area contributed by atoms with Crippen molar-refractivity contribution in [3.63, 3.8) is 0 Å². The Kier molecular flexibility index (Phi) is 8.52. The second kappa shape index (κ2) is 9.61. The summed E-state index contributed by atoms with van der Waals surface area (Å²) in [5, 5.41) is 5.92. The Balaban J connectivity index is 2.70. The lowest BCUT2D eigenvalue weighted by molar-refractivity contribution is -0.121. The first kappa shape index (κ1) is 20.4. The van der Waals surface area contributed by atoms with E-state index in [4.69, 9.17) is 34.8 Å². The Bertz CT molecular complexity index is 515. The molecule has 0 aromatic heterocycles. The molecule has 23 heavy (non-hydrogen) atoms. The third-order valence-electron chi connectivity index (χ3n) is 3.58. The SMILES string of the molecule is CCCCCCC(=O)N[C@H](Nc1cc(C)ccc1C)C(Cl)(Cl)Cl. The lowest BCUT2D eigenvalue weighted by Gasteiger charge is -2.28. The summed E-state index contributed by atoms with van der Waals surface area (Å²) in [6.45, 7) is 6.08. The first-order valence-electron chi connectivity index (χ1n) is 7.94. The van der Waals surface area contributed by atoms with Crippen LogP contribution in [0, 0.1) is 13.8 Å². The van der Waals surface area contributed by atoms with Crippen molar-refractivity contribution in [2.45, 2.75) is 62.8 Å². The number of nitrogens with one attached hydrogen (secondary N) is 2. The van der Waals surface area contributed by atoms with Gasteiger partial charge in [0.1, 0.15) is 6.17 Å². The van der Waals surface area contributed by atoms with Gasteiger partial charge in [0, 0.05) is 12.1 Å². The fraction of sp³-hybridized carbons (Fsp3) is 0.588. The van der Waals surface area contributed by atoms with Crippen molar-refractivity contribution in [1.29, 1.82) is 0 Å². The highest BCUT2D eigenvalue weighted by atomic mass is 35.6. The fourth-order valence-electron chi connectivity index (χ4n) is 2.19. The fourth-order valence-corrected chi connectivity index (χ4v) is 2.52. The minimum Gasteiger partial charge on any atom is -0.362 e. The first-order chi connectivity index (χ1) is 10.7. The standard InChI is InChI=1S/C17H25Cl3N2O/c1-4-5-6-7-8-15(23)22-16(17(18,19)20)21-14-11-12(2)9-10-13(14)3/h9-11,16,21H,4-8H2,1-3H3,(H,22,23)/t16-/m0/s1. The number of carbonyl (C=O) groups is 1. The van der Waals surface area contributed by atoms with Gasteiger partial charge in [-0.1, -0.05) is 73.1 Å². The molecule has 130 valence electrons. The molecule has 0 spiro atoms. The minimum atomic E-state index is -1.64. The zero-order valence-electron chi connectivity index (χ0n) is 13.9. The molecule has 0 radical (unpaired) electrons. The summed E-state index contributed by atoms with van der Waals surface area (Å²) in [6, 6.07) is 5.96. The van der Waals surface area contributed by atoms with Crippen molar-refractivity contribution >= 4 is 46.4 Å². The first-order valence-corrected chi connectivity index (χ1v) is 9.07. The van der Waals surface area contributed by atoms with Gasteiger partial charge < -0.3 is 10.6 Å². The van der Waals surface area contributed by atoms with Gasteiger partial charge in [0.15, 0.2) is 0 Å². The van der Waals surface area contributed by atoms with Gasteiger partial charge in [0.05, 0.1) is 0 Å². The smallest absolute Gasteiger partial charge is 0.228 e. The van der Waals surface area contributed by atoms with E-state index in [9.17, 15) is 4.79 Å². The van der Waals surface area contributed by atoms with E-state index < -0.39 is 9.96 Å². The number of halogens is 3. The van der Waals surface area contributed by atoms with Gasteiger partial charge in [-0.2, -0.15) is 0 Å². The monoisotopic (exact) mass is 378 g/mol. The maximum absolute atomic E-state index is 12.1. The van der Waals surface area contributed by atoms with E-state index in [-0.39, 0.29) is 5.91 Å².